The number of halogens is 1. The Hall–Kier alpha value is -4.11. The molecule has 2 aromatic heterocycles. The Morgan fingerprint density at radius 3 is 2.83 bits per heavy atom. The minimum atomic E-state index is -0.818. The predicted octanol–water partition coefficient (Wildman–Crippen LogP) is 3.36. The van der Waals surface area contributed by atoms with Gasteiger partial charge in [0.25, 0.3) is 5.91 Å². The molecule has 1 aliphatic heterocycles. The zero-order valence-corrected chi connectivity index (χ0v) is 19.7. The Morgan fingerprint density at radius 2 is 2.00 bits per heavy atom. The number of hydrogen-bond acceptors (Lipinski definition) is 4. The fourth-order valence-electron chi connectivity index (χ4n) is 4.32. The van der Waals surface area contributed by atoms with E-state index in [0.717, 1.165) is 16.5 Å². The van der Waals surface area contributed by atoms with Crippen LogP contribution in [0, 0.1) is 0 Å². The summed E-state index contributed by atoms with van der Waals surface area (Å²) in [5, 5.41) is 11.1. The van der Waals surface area contributed by atoms with Gasteiger partial charge in [-0.05, 0) is 42.8 Å². The maximum atomic E-state index is 13.4. The maximum Gasteiger partial charge on any atom is 0.268 e. The number of hydrogen-bond donors (Lipinski definition) is 3. The number of carbonyl (C=O) groups is 3. The molecule has 178 valence electrons. The van der Waals surface area contributed by atoms with Crippen molar-refractivity contribution < 1.29 is 14.4 Å². The minimum Gasteiger partial charge on any atom is -0.351 e. The molecule has 0 spiro atoms. The van der Waals surface area contributed by atoms with Gasteiger partial charge in [-0.3, -0.25) is 14.4 Å². The molecule has 5 rings (SSSR count). The van der Waals surface area contributed by atoms with Crippen molar-refractivity contribution in [3.05, 3.63) is 77.1 Å². The number of fused-ring (bicyclic) bond motifs is 2. The quantitative estimate of drug-likeness (QED) is 0.384. The number of rotatable bonds is 6. The second kappa shape index (κ2) is 9.27. The highest BCUT2D eigenvalue weighted by Crippen LogP contribution is 2.28. The van der Waals surface area contributed by atoms with Crippen molar-refractivity contribution in [1.29, 1.82) is 0 Å². The van der Waals surface area contributed by atoms with Gasteiger partial charge >= 0.3 is 0 Å². The summed E-state index contributed by atoms with van der Waals surface area (Å²) in [6.07, 6.45) is 1.93. The smallest absolute Gasteiger partial charge is 0.268 e. The molecular formula is C25H23ClN6O3. The molecule has 0 saturated heterocycles. The van der Waals surface area contributed by atoms with Gasteiger partial charge < -0.3 is 20.5 Å². The van der Waals surface area contributed by atoms with E-state index in [4.69, 9.17) is 11.6 Å². The van der Waals surface area contributed by atoms with E-state index >= 15 is 0 Å². The van der Waals surface area contributed by atoms with Crippen LogP contribution in [0.2, 0.25) is 5.02 Å². The van der Waals surface area contributed by atoms with Gasteiger partial charge in [-0.1, -0.05) is 29.8 Å². The Morgan fingerprint density at radius 1 is 1.17 bits per heavy atom. The van der Waals surface area contributed by atoms with Crippen molar-refractivity contribution in [3.8, 4) is 0 Å². The first-order chi connectivity index (χ1) is 16.9. The van der Waals surface area contributed by atoms with E-state index in [1.54, 1.807) is 47.3 Å². The SMILES string of the molecule is CCn1nccc1NC(=O)CN1C(=O)C(NC(=O)c2cc3cc(Cl)ccc3[nH]2)Cc2ccccc21. The molecular weight excluding hydrogens is 468 g/mol. The monoisotopic (exact) mass is 490 g/mol. The van der Waals surface area contributed by atoms with Crippen molar-refractivity contribution in [3.63, 3.8) is 0 Å². The predicted molar refractivity (Wildman–Crippen MR) is 134 cm³/mol. The molecule has 3 amide bonds. The maximum absolute atomic E-state index is 13.4. The third kappa shape index (κ3) is 4.50. The standard InChI is InChI=1S/C25H23ClN6O3/c1-2-32-22(9-10-27-32)30-23(33)14-31-21-6-4-3-5-15(21)12-20(25(31)35)29-24(34)19-13-16-11-17(26)7-8-18(16)28-19/h3-11,13,20,28H,2,12,14H2,1H3,(H,29,34)(H,30,33). The molecule has 0 bridgehead atoms. The summed E-state index contributed by atoms with van der Waals surface area (Å²) in [4.78, 5) is 43.7. The zero-order chi connectivity index (χ0) is 24.5. The third-order valence-electron chi connectivity index (χ3n) is 5.99. The van der Waals surface area contributed by atoms with Crippen LogP contribution in [0.25, 0.3) is 10.9 Å². The Bertz CT molecular complexity index is 1440. The molecule has 0 saturated carbocycles. The Balaban J connectivity index is 1.36. The highest BCUT2D eigenvalue weighted by atomic mass is 35.5. The number of aromatic nitrogens is 3. The summed E-state index contributed by atoms with van der Waals surface area (Å²) < 4.78 is 1.65. The van der Waals surface area contributed by atoms with E-state index in [1.165, 1.54) is 4.90 Å². The molecule has 9 nitrogen and oxygen atoms in total. The fraction of sp³-hybridized carbons (Fsp3) is 0.200. The number of nitrogens with one attached hydrogen (secondary N) is 3. The number of anilines is 2. The summed E-state index contributed by atoms with van der Waals surface area (Å²) in [6.45, 7) is 2.33. The van der Waals surface area contributed by atoms with Crippen LogP contribution in [0.4, 0.5) is 11.5 Å². The van der Waals surface area contributed by atoms with E-state index in [1.807, 2.05) is 25.1 Å². The van der Waals surface area contributed by atoms with Gasteiger partial charge in [0.15, 0.2) is 0 Å². The molecule has 1 atom stereocenters. The molecule has 0 radical (unpaired) electrons. The molecule has 3 heterocycles. The van der Waals surface area contributed by atoms with Crippen molar-refractivity contribution in [2.24, 2.45) is 0 Å². The lowest BCUT2D eigenvalue weighted by atomic mass is 9.97. The van der Waals surface area contributed by atoms with Gasteiger partial charge in [0.1, 0.15) is 24.1 Å². The second-order valence-corrected chi connectivity index (χ2v) is 8.71. The van der Waals surface area contributed by atoms with Gasteiger partial charge in [-0.2, -0.15) is 5.10 Å². The zero-order valence-electron chi connectivity index (χ0n) is 18.9. The number of benzene rings is 2. The number of amides is 3. The second-order valence-electron chi connectivity index (χ2n) is 8.28. The van der Waals surface area contributed by atoms with E-state index < -0.39 is 11.9 Å². The van der Waals surface area contributed by atoms with E-state index in [0.29, 0.717) is 35.2 Å². The van der Waals surface area contributed by atoms with Crippen LogP contribution >= 0.6 is 11.6 Å². The summed E-state index contributed by atoms with van der Waals surface area (Å²) in [7, 11) is 0. The normalized spacial score (nSPS) is 15.2. The molecule has 0 aliphatic carbocycles. The van der Waals surface area contributed by atoms with Gasteiger partial charge in [0.05, 0.1) is 6.20 Å². The van der Waals surface area contributed by atoms with Crippen LogP contribution in [0.3, 0.4) is 0 Å². The number of aromatic amines is 1. The van der Waals surface area contributed by atoms with Gasteiger partial charge in [0.2, 0.25) is 11.8 Å². The number of carbonyl (C=O) groups excluding carboxylic acids is 3. The number of nitrogens with zero attached hydrogens (tertiary/aromatic N) is 3. The average Bonchev–Trinajstić information content (AvgIpc) is 3.47. The summed E-state index contributed by atoms with van der Waals surface area (Å²) in [6, 6.07) is 15.2. The first-order valence-electron chi connectivity index (χ1n) is 11.2. The third-order valence-corrected chi connectivity index (χ3v) is 6.22. The van der Waals surface area contributed by atoms with Crippen molar-refractivity contribution in [2.45, 2.75) is 25.9 Å². The Kier molecular flexibility index (Phi) is 6.00. The van der Waals surface area contributed by atoms with Crippen LogP contribution in [0.5, 0.6) is 0 Å². The average molecular weight is 491 g/mol. The molecule has 0 fully saturated rings. The molecule has 10 heteroatoms. The lowest BCUT2D eigenvalue weighted by molar-refractivity contribution is -0.123. The van der Waals surface area contributed by atoms with Crippen molar-refractivity contribution in [1.82, 2.24) is 20.1 Å². The molecule has 1 aliphatic rings. The number of para-hydroxylation sites is 1. The van der Waals surface area contributed by atoms with Crippen molar-refractivity contribution >= 4 is 51.7 Å². The highest BCUT2D eigenvalue weighted by molar-refractivity contribution is 6.31. The van der Waals surface area contributed by atoms with Gasteiger partial charge in [-0.15, -0.1) is 0 Å². The summed E-state index contributed by atoms with van der Waals surface area (Å²) >= 11 is 6.05. The molecule has 3 N–H and O–H groups in total. The lowest BCUT2D eigenvalue weighted by Gasteiger charge is -2.34. The van der Waals surface area contributed by atoms with E-state index in [2.05, 4.69) is 20.7 Å². The topological polar surface area (TPSA) is 112 Å². The first kappa shape index (κ1) is 22.7. The molecule has 35 heavy (non-hydrogen) atoms. The van der Waals surface area contributed by atoms with Crippen LogP contribution in [-0.2, 0) is 22.6 Å². The molecule has 1 unspecified atom stereocenters. The van der Waals surface area contributed by atoms with E-state index in [9.17, 15) is 14.4 Å². The molecule has 4 aromatic rings. The summed E-state index contributed by atoms with van der Waals surface area (Å²) in [5.74, 6) is -0.566. The van der Waals surface area contributed by atoms with Crippen LogP contribution < -0.4 is 15.5 Å². The lowest BCUT2D eigenvalue weighted by Crippen LogP contribution is -2.54. The summed E-state index contributed by atoms with van der Waals surface area (Å²) in [5.41, 5.74) is 2.62. The Labute approximate surface area is 206 Å². The highest BCUT2D eigenvalue weighted by Gasteiger charge is 2.35. The van der Waals surface area contributed by atoms with Gasteiger partial charge in [0, 0.05) is 40.6 Å². The largest absolute Gasteiger partial charge is 0.351 e. The fourth-order valence-corrected chi connectivity index (χ4v) is 4.50. The molecule has 2 aromatic carbocycles. The van der Waals surface area contributed by atoms with Crippen LogP contribution in [-0.4, -0.2) is 45.1 Å². The number of H-pyrrole nitrogens is 1. The number of aryl methyl sites for hydroxylation is 1. The first-order valence-corrected chi connectivity index (χ1v) is 11.6. The van der Waals surface area contributed by atoms with Crippen LogP contribution in [0.1, 0.15) is 23.0 Å². The van der Waals surface area contributed by atoms with Gasteiger partial charge in [-0.25, -0.2) is 4.68 Å². The van der Waals surface area contributed by atoms with E-state index in [-0.39, 0.29) is 18.4 Å². The van der Waals surface area contributed by atoms with Crippen LogP contribution in [0.15, 0.2) is 60.8 Å². The minimum absolute atomic E-state index is 0.192. The van der Waals surface area contributed by atoms with Crippen molar-refractivity contribution in [2.75, 3.05) is 16.8 Å².